The van der Waals surface area contributed by atoms with Gasteiger partial charge in [-0.2, -0.15) is 36.3 Å². The lowest BCUT2D eigenvalue weighted by molar-refractivity contribution is -0.143. The molecule has 16 heteroatoms. The number of rotatable bonds is 5. The number of carbonyl (C=O) groups excluding carboxylic acids is 2. The van der Waals surface area contributed by atoms with Gasteiger partial charge in [0.2, 0.25) is 5.95 Å². The third kappa shape index (κ3) is 6.05. The molecule has 10 nitrogen and oxygen atoms in total. The summed E-state index contributed by atoms with van der Waals surface area (Å²) in [5.74, 6) is -1.58. The molecule has 3 heterocycles. The number of halogens is 6. The van der Waals surface area contributed by atoms with Crippen molar-refractivity contribution in [2.45, 2.75) is 36.7 Å². The smallest absolute Gasteiger partial charge is 0.417 e. The number of ether oxygens (including phenoxy) is 3. The molecule has 0 saturated carbocycles. The molecule has 2 fully saturated rings. The highest BCUT2D eigenvalue weighted by atomic mass is 19.4. The highest BCUT2D eigenvalue weighted by molar-refractivity contribution is 5.95. The molecule has 2 saturated heterocycles. The normalized spacial score (nSPS) is 18.6. The average molecular weight is 626 g/mol. The van der Waals surface area contributed by atoms with Gasteiger partial charge in [0.25, 0.3) is 5.91 Å². The average Bonchev–Trinajstić information content (AvgIpc) is 3.00. The summed E-state index contributed by atoms with van der Waals surface area (Å²) in [5.41, 5.74) is -4.28. The molecule has 234 valence electrons. The summed E-state index contributed by atoms with van der Waals surface area (Å²) in [6, 6.07) is 9.63. The standard InChI is InChI=1S/C28H25F6N5O5/c1-42-23-35-22(36-24(37-23)43-2)39-15-20(16-6-4-3-5-7-16)26(44-25(39)41)8-10-38(11-9-26)21(40)17-12-18(27(29,30)31)14-19(13-17)28(32,33)34/h3-7,12-14,20H,8-11,15H2,1-2H3. The van der Waals surface area contributed by atoms with E-state index >= 15 is 0 Å². The summed E-state index contributed by atoms with van der Waals surface area (Å²) in [4.78, 5) is 41.2. The maximum Gasteiger partial charge on any atom is 0.417 e. The zero-order valence-corrected chi connectivity index (χ0v) is 23.3. The predicted molar refractivity (Wildman–Crippen MR) is 140 cm³/mol. The maximum atomic E-state index is 13.4. The van der Waals surface area contributed by atoms with Crippen LogP contribution in [-0.2, 0) is 17.1 Å². The van der Waals surface area contributed by atoms with Crippen LogP contribution in [0.2, 0.25) is 0 Å². The minimum absolute atomic E-state index is 0.0304. The van der Waals surface area contributed by atoms with Gasteiger partial charge in [0, 0.05) is 44.0 Å². The number of carbonyl (C=O) groups is 2. The largest absolute Gasteiger partial charge is 0.467 e. The number of piperidine rings is 1. The van der Waals surface area contributed by atoms with Crippen LogP contribution >= 0.6 is 0 Å². The number of methoxy groups -OCH3 is 2. The van der Waals surface area contributed by atoms with Crippen LogP contribution in [0.1, 0.15) is 45.8 Å². The Morgan fingerprint density at radius 3 is 1.93 bits per heavy atom. The Morgan fingerprint density at radius 2 is 1.43 bits per heavy atom. The molecule has 0 aliphatic carbocycles. The molecule has 0 radical (unpaired) electrons. The summed E-state index contributed by atoms with van der Waals surface area (Å²) >= 11 is 0. The number of hydrogen-bond acceptors (Lipinski definition) is 8. The molecule has 5 rings (SSSR count). The van der Waals surface area contributed by atoms with Crippen LogP contribution in [0.5, 0.6) is 12.0 Å². The molecule has 1 aromatic heterocycles. The molecule has 1 spiro atoms. The van der Waals surface area contributed by atoms with E-state index in [0.29, 0.717) is 12.1 Å². The lowest BCUT2D eigenvalue weighted by Crippen LogP contribution is -2.59. The van der Waals surface area contributed by atoms with Gasteiger partial charge in [-0.05, 0) is 23.8 Å². The van der Waals surface area contributed by atoms with Crippen LogP contribution in [0, 0.1) is 0 Å². The van der Waals surface area contributed by atoms with E-state index in [-0.39, 0.29) is 56.5 Å². The number of likely N-dealkylation sites (tertiary alicyclic amines) is 1. The van der Waals surface area contributed by atoms with Gasteiger partial charge in [-0.1, -0.05) is 30.3 Å². The van der Waals surface area contributed by atoms with Gasteiger partial charge in [0.15, 0.2) is 0 Å². The Hall–Kier alpha value is -4.63. The SMILES string of the molecule is COc1nc(OC)nc(N2CC(c3ccccc3)C3(CCN(C(=O)c4cc(C(F)(F)F)cc(C(F)(F)F)c4)CC3)OC2=O)n1. The minimum atomic E-state index is -5.10. The van der Waals surface area contributed by atoms with E-state index in [2.05, 4.69) is 15.0 Å². The van der Waals surface area contributed by atoms with Gasteiger partial charge in [-0.15, -0.1) is 4.98 Å². The van der Waals surface area contributed by atoms with Crippen molar-refractivity contribution in [1.82, 2.24) is 19.9 Å². The van der Waals surface area contributed by atoms with Crippen LogP contribution < -0.4 is 14.4 Å². The van der Waals surface area contributed by atoms with Crippen molar-refractivity contribution >= 4 is 17.9 Å². The van der Waals surface area contributed by atoms with Gasteiger partial charge in [0.05, 0.1) is 25.3 Å². The van der Waals surface area contributed by atoms with Gasteiger partial charge in [0.1, 0.15) is 5.60 Å². The van der Waals surface area contributed by atoms with Crippen molar-refractivity contribution in [2.75, 3.05) is 38.8 Å². The van der Waals surface area contributed by atoms with Crippen molar-refractivity contribution in [2.24, 2.45) is 0 Å². The summed E-state index contributed by atoms with van der Waals surface area (Å²) in [6.45, 7) is -0.156. The Balaban J connectivity index is 1.43. The van der Waals surface area contributed by atoms with Crippen LogP contribution in [0.15, 0.2) is 48.5 Å². The van der Waals surface area contributed by atoms with Gasteiger partial charge < -0.3 is 19.1 Å². The Morgan fingerprint density at radius 1 is 0.886 bits per heavy atom. The van der Waals surface area contributed by atoms with E-state index in [4.69, 9.17) is 14.2 Å². The molecule has 1 unspecified atom stereocenters. The Labute approximate surface area is 246 Å². The van der Waals surface area contributed by atoms with E-state index in [1.54, 1.807) is 18.2 Å². The number of benzene rings is 2. The lowest BCUT2D eigenvalue weighted by Gasteiger charge is -2.50. The van der Waals surface area contributed by atoms with Gasteiger partial charge >= 0.3 is 30.5 Å². The third-order valence-electron chi connectivity index (χ3n) is 7.63. The summed E-state index contributed by atoms with van der Waals surface area (Å²) < 4.78 is 96.5. The molecule has 2 aliphatic rings. The molecule has 3 aromatic rings. The van der Waals surface area contributed by atoms with Crippen molar-refractivity contribution < 1.29 is 50.1 Å². The molecule has 2 aromatic carbocycles. The second-order valence-electron chi connectivity index (χ2n) is 10.2. The van der Waals surface area contributed by atoms with Gasteiger partial charge in [-0.25, -0.2) is 9.69 Å². The van der Waals surface area contributed by atoms with Crippen molar-refractivity contribution in [3.05, 3.63) is 70.8 Å². The fourth-order valence-electron chi connectivity index (χ4n) is 5.41. The molecule has 0 N–H and O–H groups in total. The number of alkyl halides is 6. The molecule has 2 amide bonds. The quantitative estimate of drug-likeness (QED) is 0.350. The maximum absolute atomic E-state index is 13.4. The van der Waals surface area contributed by atoms with E-state index < -0.39 is 52.6 Å². The fraction of sp³-hybridized carbons (Fsp3) is 0.393. The second kappa shape index (κ2) is 11.5. The molecular weight excluding hydrogens is 600 g/mol. The van der Waals surface area contributed by atoms with E-state index in [1.807, 2.05) is 12.1 Å². The molecule has 0 bridgehead atoms. The summed E-state index contributed by atoms with van der Waals surface area (Å²) in [6.07, 6.45) is -10.9. The number of anilines is 1. The second-order valence-corrected chi connectivity index (χ2v) is 10.2. The Bertz CT molecular complexity index is 1490. The number of aromatic nitrogens is 3. The molecule has 44 heavy (non-hydrogen) atoms. The third-order valence-corrected chi connectivity index (χ3v) is 7.63. The van der Waals surface area contributed by atoms with Gasteiger partial charge in [-0.3, -0.25) is 4.79 Å². The van der Waals surface area contributed by atoms with E-state index in [1.165, 1.54) is 19.1 Å². The first-order valence-corrected chi connectivity index (χ1v) is 13.2. The lowest BCUT2D eigenvalue weighted by atomic mass is 9.74. The monoisotopic (exact) mass is 625 g/mol. The molecule has 1 atom stereocenters. The first-order chi connectivity index (χ1) is 20.7. The minimum Gasteiger partial charge on any atom is -0.467 e. The first kappa shape index (κ1) is 30.8. The van der Waals surface area contributed by atoms with Crippen LogP contribution in [-0.4, -0.2) is 71.3 Å². The highest BCUT2D eigenvalue weighted by Crippen LogP contribution is 2.45. The number of hydrogen-bond donors (Lipinski definition) is 0. The van der Waals surface area contributed by atoms with Crippen molar-refractivity contribution in [3.63, 3.8) is 0 Å². The summed E-state index contributed by atoms with van der Waals surface area (Å²) in [5, 5.41) is 0. The summed E-state index contributed by atoms with van der Waals surface area (Å²) in [7, 11) is 2.65. The van der Waals surface area contributed by atoms with Crippen molar-refractivity contribution in [1.29, 1.82) is 0 Å². The molecular formula is C28H25F6N5O5. The predicted octanol–water partition coefficient (Wildman–Crippen LogP) is 5.34. The van der Waals surface area contributed by atoms with Crippen molar-refractivity contribution in [3.8, 4) is 12.0 Å². The Kier molecular flexibility index (Phi) is 8.03. The van der Waals surface area contributed by atoms with E-state index in [0.717, 1.165) is 10.5 Å². The zero-order valence-electron chi connectivity index (χ0n) is 23.3. The highest BCUT2D eigenvalue weighted by Gasteiger charge is 2.52. The van der Waals surface area contributed by atoms with Crippen LogP contribution in [0.3, 0.4) is 0 Å². The fourth-order valence-corrected chi connectivity index (χ4v) is 5.41. The molecule has 2 aliphatic heterocycles. The first-order valence-electron chi connectivity index (χ1n) is 13.2. The number of nitrogens with zero attached hydrogens (tertiary/aromatic N) is 5. The zero-order chi connectivity index (χ0) is 31.9. The van der Waals surface area contributed by atoms with E-state index in [9.17, 15) is 35.9 Å². The van der Waals surface area contributed by atoms with Crippen LogP contribution in [0.4, 0.5) is 37.1 Å². The van der Waals surface area contributed by atoms with Crippen LogP contribution in [0.25, 0.3) is 0 Å². The number of amides is 2. The topological polar surface area (TPSA) is 107 Å².